The van der Waals surface area contributed by atoms with E-state index in [-0.39, 0.29) is 18.4 Å². The van der Waals surface area contributed by atoms with E-state index >= 15 is 0 Å². The number of fused-ring (bicyclic) bond motifs is 1. The Morgan fingerprint density at radius 3 is 2.67 bits per heavy atom. The first kappa shape index (κ1) is 15.1. The molecule has 0 aliphatic carbocycles. The first-order valence-corrected chi connectivity index (χ1v) is 7.09. The van der Waals surface area contributed by atoms with Gasteiger partial charge in [0.25, 0.3) is 0 Å². The third-order valence-corrected chi connectivity index (χ3v) is 3.79. The lowest BCUT2D eigenvalue weighted by atomic mass is 9.99. The molecule has 0 unspecified atom stereocenters. The number of nitrogens with one attached hydrogen (secondary N) is 1. The van der Waals surface area contributed by atoms with Gasteiger partial charge in [0.1, 0.15) is 12.6 Å². The molecule has 0 saturated heterocycles. The van der Waals surface area contributed by atoms with Gasteiger partial charge in [0.2, 0.25) is 5.91 Å². The molecule has 0 bridgehead atoms. The smallest absolute Gasteiger partial charge is 0.326 e. The molecule has 21 heavy (non-hydrogen) atoms. The van der Waals surface area contributed by atoms with E-state index in [1.54, 1.807) is 0 Å². The lowest BCUT2D eigenvalue weighted by molar-refractivity contribution is -0.143. The van der Waals surface area contributed by atoms with Crippen molar-refractivity contribution in [1.82, 2.24) is 9.88 Å². The highest BCUT2D eigenvalue weighted by Crippen LogP contribution is 2.15. The fourth-order valence-electron chi connectivity index (χ4n) is 2.34. The maximum absolute atomic E-state index is 12.1. The molecule has 0 aliphatic rings. The molecular weight excluding hydrogens is 268 g/mol. The molecule has 2 aromatic rings. The zero-order valence-electron chi connectivity index (χ0n) is 12.2. The molecule has 0 aliphatic heterocycles. The number of para-hydroxylation sites is 1. The molecule has 1 aromatic heterocycles. The van der Waals surface area contributed by atoms with E-state index in [0.717, 1.165) is 10.9 Å². The molecule has 5 heteroatoms. The number of benzene rings is 1. The van der Waals surface area contributed by atoms with Gasteiger partial charge in [-0.25, -0.2) is 4.79 Å². The Bertz CT molecular complexity index is 648. The van der Waals surface area contributed by atoms with Crippen LogP contribution in [0.15, 0.2) is 36.5 Å². The molecule has 1 aromatic carbocycles. The number of carbonyl (C=O) groups is 2. The number of hydrogen-bond donors (Lipinski definition) is 2. The van der Waals surface area contributed by atoms with Gasteiger partial charge in [0.05, 0.1) is 0 Å². The van der Waals surface area contributed by atoms with E-state index in [0.29, 0.717) is 6.42 Å². The Labute approximate surface area is 123 Å². The Morgan fingerprint density at radius 2 is 2.00 bits per heavy atom. The number of amides is 1. The minimum absolute atomic E-state index is 0.104. The van der Waals surface area contributed by atoms with Crippen molar-refractivity contribution in [2.45, 2.75) is 32.9 Å². The molecule has 5 nitrogen and oxygen atoms in total. The van der Waals surface area contributed by atoms with Crippen LogP contribution in [0.25, 0.3) is 10.9 Å². The molecule has 0 fully saturated rings. The van der Waals surface area contributed by atoms with Gasteiger partial charge >= 0.3 is 5.97 Å². The topological polar surface area (TPSA) is 71.3 Å². The highest BCUT2D eigenvalue weighted by Gasteiger charge is 2.25. The quantitative estimate of drug-likeness (QED) is 0.856. The average Bonchev–Trinajstić information content (AvgIpc) is 2.87. The van der Waals surface area contributed by atoms with Crippen molar-refractivity contribution in [2.24, 2.45) is 5.92 Å². The van der Waals surface area contributed by atoms with Gasteiger partial charge in [-0.15, -0.1) is 0 Å². The van der Waals surface area contributed by atoms with Gasteiger partial charge in [-0.2, -0.15) is 0 Å². The van der Waals surface area contributed by atoms with Gasteiger partial charge in [-0.3, -0.25) is 4.79 Å². The van der Waals surface area contributed by atoms with Crippen LogP contribution in [0.3, 0.4) is 0 Å². The third-order valence-electron chi connectivity index (χ3n) is 3.79. The van der Waals surface area contributed by atoms with Gasteiger partial charge in [0.15, 0.2) is 0 Å². The number of hydrogen-bond acceptors (Lipinski definition) is 2. The van der Waals surface area contributed by atoms with Crippen molar-refractivity contribution < 1.29 is 14.7 Å². The lowest BCUT2D eigenvalue weighted by Crippen LogP contribution is -2.46. The normalized spacial score (nSPS) is 13.8. The number of aliphatic carboxylic acids is 1. The predicted molar refractivity (Wildman–Crippen MR) is 81.0 cm³/mol. The summed E-state index contributed by atoms with van der Waals surface area (Å²) in [6.45, 7) is 3.85. The summed E-state index contributed by atoms with van der Waals surface area (Å²) in [7, 11) is 0. The summed E-state index contributed by atoms with van der Waals surface area (Å²) in [6, 6.07) is 8.86. The van der Waals surface area contributed by atoms with Crippen LogP contribution in [0.2, 0.25) is 0 Å². The Morgan fingerprint density at radius 1 is 1.29 bits per heavy atom. The fourth-order valence-corrected chi connectivity index (χ4v) is 2.34. The van der Waals surface area contributed by atoms with Gasteiger partial charge < -0.3 is 15.0 Å². The van der Waals surface area contributed by atoms with Gasteiger partial charge in [-0.05, 0) is 23.4 Å². The van der Waals surface area contributed by atoms with Crippen LogP contribution in [-0.2, 0) is 16.1 Å². The van der Waals surface area contributed by atoms with E-state index in [1.165, 1.54) is 0 Å². The Balaban J connectivity index is 2.09. The number of nitrogens with zero attached hydrogens (tertiary/aromatic N) is 1. The second-order valence-electron chi connectivity index (χ2n) is 5.27. The summed E-state index contributed by atoms with van der Waals surface area (Å²) in [4.78, 5) is 23.3. The van der Waals surface area contributed by atoms with Crippen LogP contribution in [0.4, 0.5) is 0 Å². The summed E-state index contributed by atoms with van der Waals surface area (Å²) >= 11 is 0. The molecule has 0 radical (unpaired) electrons. The number of rotatable bonds is 6. The SMILES string of the molecule is CC[C@H](C)[C@H](NC(=O)Cn1ccc2ccccc21)C(=O)O. The summed E-state index contributed by atoms with van der Waals surface area (Å²) in [5.74, 6) is -1.38. The molecule has 1 heterocycles. The van der Waals surface area contributed by atoms with Crippen molar-refractivity contribution in [2.75, 3.05) is 0 Å². The van der Waals surface area contributed by atoms with Crippen LogP contribution in [0.1, 0.15) is 20.3 Å². The minimum atomic E-state index is -0.991. The Kier molecular flexibility index (Phi) is 4.62. The number of aromatic nitrogens is 1. The molecular formula is C16H20N2O3. The van der Waals surface area contributed by atoms with Crippen LogP contribution in [0, 0.1) is 5.92 Å². The summed E-state index contributed by atoms with van der Waals surface area (Å²) in [5, 5.41) is 12.9. The zero-order valence-corrected chi connectivity index (χ0v) is 12.2. The molecule has 112 valence electrons. The number of carboxylic acids is 1. The average molecular weight is 288 g/mol. The molecule has 2 atom stereocenters. The van der Waals surface area contributed by atoms with Crippen molar-refractivity contribution in [3.05, 3.63) is 36.5 Å². The van der Waals surface area contributed by atoms with E-state index in [9.17, 15) is 14.7 Å². The van der Waals surface area contributed by atoms with Crippen LogP contribution < -0.4 is 5.32 Å². The standard InChI is InChI=1S/C16H20N2O3/c1-3-11(2)15(16(20)21)17-14(19)10-18-9-8-12-6-4-5-7-13(12)18/h4-9,11,15H,3,10H2,1-2H3,(H,17,19)(H,20,21)/t11-,15-/m0/s1. The lowest BCUT2D eigenvalue weighted by Gasteiger charge is -2.20. The summed E-state index contributed by atoms with van der Waals surface area (Å²) in [6.07, 6.45) is 2.53. The van der Waals surface area contributed by atoms with Crippen LogP contribution in [-0.4, -0.2) is 27.6 Å². The van der Waals surface area contributed by atoms with Gasteiger partial charge in [-0.1, -0.05) is 38.5 Å². The minimum Gasteiger partial charge on any atom is -0.480 e. The number of carbonyl (C=O) groups excluding carboxylic acids is 1. The number of carboxylic acid groups (broad SMARTS) is 1. The first-order valence-electron chi connectivity index (χ1n) is 7.09. The predicted octanol–water partition coefficient (Wildman–Crippen LogP) is 2.26. The first-order chi connectivity index (χ1) is 10.0. The van der Waals surface area contributed by atoms with Crippen molar-refractivity contribution in [3.8, 4) is 0 Å². The monoisotopic (exact) mass is 288 g/mol. The van der Waals surface area contributed by atoms with Gasteiger partial charge in [0, 0.05) is 11.7 Å². The van der Waals surface area contributed by atoms with Crippen molar-refractivity contribution in [1.29, 1.82) is 0 Å². The third kappa shape index (κ3) is 3.42. The van der Waals surface area contributed by atoms with Crippen LogP contribution in [0.5, 0.6) is 0 Å². The second kappa shape index (κ2) is 6.43. The van der Waals surface area contributed by atoms with Crippen molar-refractivity contribution in [3.63, 3.8) is 0 Å². The Hall–Kier alpha value is -2.30. The maximum Gasteiger partial charge on any atom is 0.326 e. The van der Waals surface area contributed by atoms with E-state index in [2.05, 4.69) is 5.32 Å². The molecule has 2 rings (SSSR count). The highest BCUT2D eigenvalue weighted by molar-refractivity contribution is 5.86. The molecule has 2 N–H and O–H groups in total. The molecule has 0 saturated carbocycles. The molecule has 1 amide bonds. The maximum atomic E-state index is 12.1. The van der Waals surface area contributed by atoms with E-state index < -0.39 is 12.0 Å². The highest BCUT2D eigenvalue weighted by atomic mass is 16.4. The summed E-state index contributed by atoms with van der Waals surface area (Å²) < 4.78 is 1.82. The molecule has 0 spiro atoms. The van der Waals surface area contributed by atoms with E-state index in [4.69, 9.17) is 0 Å². The van der Waals surface area contributed by atoms with Crippen molar-refractivity contribution >= 4 is 22.8 Å². The second-order valence-corrected chi connectivity index (χ2v) is 5.27. The largest absolute Gasteiger partial charge is 0.480 e. The van der Waals surface area contributed by atoms with Crippen LogP contribution >= 0.6 is 0 Å². The van der Waals surface area contributed by atoms with E-state index in [1.807, 2.05) is 54.9 Å². The zero-order chi connectivity index (χ0) is 15.4. The fraction of sp³-hybridized carbons (Fsp3) is 0.375. The summed E-state index contributed by atoms with van der Waals surface area (Å²) in [5.41, 5.74) is 0.961.